The van der Waals surface area contributed by atoms with Crippen LogP contribution in [-0.4, -0.2) is 57.6 Å². The number of sulfonamides is 1. The molecule has 0 spiro atoms. The van der Waals surface area contributed by atoms with E-state index in [1.807, 2.05) is 37.3 Å². The molecule has 0 aliphatic heterocycles. The van der Waals surface area contributed by atoms with Crippen molar-refractivity contribution in [2.24, 2.45) is 0 Å². The van der Waals surface area contributed by atoms with Crippen molar-refractivity contribution in [2.45, 2.75) is 39.3 Å². The lowest BCUT2D eigenvalue weighted by Gasteiger charge is -2.33. The number of carbonyl (C=O) groups is 2. The zero-order valence-electron chi connectivity index (χ0n) is 23.3. The standard InChI is InChI=1S/C30H36FN3O5S/c1-5-17-32-30(36)27(19-23-11-7-6-8-12-23)33(20-24-13-9-10-14-25(24)31)29(35)21-34(40(4,37)38)26-18-22(2)15-16-28(26)39-3/h6-16,18,27H,5,17,19-21H2,1-4H3,(H,32,36). The molecule has 3 aromatic rings. The number of nitrogens with one attached hydrogen (secondary N) is 1. The summed E-state index contributed by atoms with van der Waals surface area (Å²) in [6.07, 6.45) is 1.84. The fourth-order valence-corrected chi connectivity index (χ4v) is 5.16. The lowest BCUT2D eigenvalue weighted by Crippen LogP contribution is -2.53. The molecule has 0 fully saturated rings. The molecule has 10 heteroatoms. The van der Waals surface area contributed by atoms with Crippen molar-refractivity contribution in [3.05, 3.63) is 95.3 Å². The number of hydrogen-bond donors (Lipinski definition) is 1. The Morgan fingerprint density at radius 3 is 2.33 bits per heavy atom. The molecule has 8 nitrogen and oxygen atoms in total. The van der Waals surface area contributed by atoms with E-state index in [1.54, 1.807) is 31.2 Å². The van der Waals surface area contributed by atoms with Crippen LogP contribution >= 0.6 is 0 Å². The van der Waals surface area contributed by atoms with Crippen LogP contribution in [0.5, 0.6) is 5.75 Å². The van der Waals surface area contributed by atoms with Gasteiger partial charge in [-0.1, -0.05) is 61.5 Å². The van der Waals surface area contributed by atoms with Crippen LogP contribution in [0.25, 0.3) is 0 Å². The molecule has 40 heavy (non-hydrogen) atoms. The van der Waals surface area contributed by atoms with E-state index in [0.717, 1.165) is 21.7 Å². The molecule has 1 N–H and O–H groups in total. The summed E-state index contributed by atoms with van der Waals surface area (Å²) in [5.41, 5.74) is 1.96. The van der Waals surface area contributed by atoms with Gasteiger partial charge in [0, 0.05) is 25.1 Å². The summed E-state index contributed by atoms with van der Waals surface area (Å²) in [6, 6.07) is 19.2. The van der Waals surface area contributed by atoms with Crippen molar-refractivity contribution in [2.75, 3.05) is 30.8 Å². The number of halogens is 1. The van der Waals surface area contributed by atoms with Gasteiger partial charge in [-0.3, -0.25) is 13.9 Å². The molecule has 1 unspecified atom stereocenters. The van der Waals surface area contributed by atoms with Gasteiger partial charge in [0.25, 0.3) is 0 Å². The van der Waals surface area contributed by atoms with Gasteiger partial charge in [-0.05, 0) is 42.7 Å². The van der Waals surface area contributed by atoms with Gasteiger partial charge in [-0.15, -0.1) is 0 Å². The molecule has 0 radical (unpaired) electrons. The molecule has 3 rings (SSSR count). The molecule has 214 valence electrons. The summed E-state index contributed by atoms with van der Waals surface area (Å²) >= 11 is 0. The van der Waals surface area contributed by atoms with Gasteiger partial charge in [0.2, 0.25) is 21.8 Å². The highest BCUT2D eigenvalue weighted by molar-refractivity contribution is 7.92. The van der Waals surface area contributed by atoms with Crippen molar-refractivity contribution in [1.82, 2.24) is 10.2 Å². The third-order valence-corrected chi connectivity index (χ3v) is 7.53. The SMILES string of the molecule is CCCNC(=O)C(Cc1ccccc1)N(Cc1ccccc1F)C(=O)CN(c1cc(C)ccc1OC)S(C)(=O)=O. The summed E-state index contributed by atoms with van der Waals surface area (Å²) in [7, 11) is -2.55. The number of nitrogens with zero attached hydrogens (tertiary/aromatic N) is 2. The van der Waals surface area contributed by atoms with E-state index in [9.17, 15) is 22.4 Å². The molecule has 0 aliphatic rings. The largest absolute Gasteiger partial charge is 0.495 e. The fraction of sp³-hybridized carbons (Fsp3) is 0.333. The Hall–Kier alpha value is -3.92. The fourth-order valence-electron chi connectivity index (χ4n) is 4.32. The molecule has 0 saturated carbocycles. The maximum Gasteiger partial charge on any atom is 0.244 e. The highest BCUT2D eigenvalue weighted by Crippen LogP contribution is 2.31. The first kappa shape index (κ1) is 30.6. The van der Waals surface area contributed by atoms with Gasteiger partial charge in [0.1, 0.15) is 24.2 Å². The van der Waals surface area contributed by atoms with Crippen molar-refractivity contribution < 1.29 is 27.1 Å². The summed E-state index contributed by atoms with van der Waals surface area (Å²) in [5, 5.41) is 2.85. The van der Waals surface area contributed by atoms with Crippen molar-refractivity contribution in [1.29, 1.82) is 0 Å². The Balaban J connectivity index is 2.09. The molecule has 2 amide bonds. The van der Waals surface area contributed by atoms with Crippen LogP contribution in [0.1, 0.15) is 30.0 Å². The number of methoxy groups -OCH3 is 1. The van der Waals surface area contributed by atoms with Crippen LogP contribution in [0.4, 0.5) is 10.1 Å². The molecule has 0 aromatic heterocycles. The Morgan fingerprint density at radius 2 is 1.70 bits per heavy atom. The van der Waals surface area contributed by atoms with E-state index >= 15 is 0 Å². The second kappa shape index (κ2) is 13.9. The Kier molecular flexibility index (Phi) is 10.7. The second-order valence-electron chi connectivity index (χ2n) is 9.55. The first-order valence-corrected chi connectivity index (χ1v) is 14.9. The van der Waals surface area contributed by atoms with E-state index in [2.05, 4.69) is 5.32 Å². The molecule has 0 aliphatic carbocycles. The lowest BCUT2D eigenvalue weighted by molar-refractivity contribution is -0.140. The van der Waals surface area contributed by atoms with E-state index in [-0.39, 0.29) is 30.0 Å². The number of carbonyl (C=O) groups excluding carboxylic acids is 2. The van der Waals surface area contributed by atoms with E-state index in [1.165, 1.54) is 30.2 Å². The van der Waals surface area contributed by atoms with Crippen LogP contribution in [0, 0.1) is 12.7 Å². The zero-order chi connectivity index (χ0) is 29.3. The molecule has 0 heterocycles. The minimum atomic E-state index is -3.96. The Bertz CT molecular complexity index is 1420. The van der Waals surface area contributed by atoms with E-state index < -0.39 is 40.2 Å². The maximum atomic E-state index is 14.8. The van der Waals surface area contributed by atoms with E-state index in [0.29, 0.717) is 13.0 Å². The number of amides is 2. The third kappa shape index (κ3) is 8.05. The molecular formula is C30H36FN3O5S. The van der Waals surface area contributed by atoms with Gasteiger partial charge in [-0.25, -0.2) is 12.8 Å². The smallest absolute Gasteiger partial charge is 0.244 e. The highest BCUT2D eigenvalue weighted by Gasteiger charge is 2.34. The zero-order valence-corrected chi connectivity index (χ0v) is 24.1. The average molecular weight is 570 g/mol. The van der Waals surface area contributed by atoms with Gasteiger partial charge < -0.3 is 15.0 Å². The topological polar surface area (TPSA) is 96.0 Å². The quantitative estimate of drug-likeness (QED) is 0.335. The van der Waals surface area contributed by atoms with Crippen molar-refractivity contribution in [3.8, 4) is 5.75 Å². The molecule has 3 aromatic carbocycles. The van der Waals surface area contributed by atoms with Crippen LogP contribution in [0.3, 0.4) is 0 Å². The number of benzene rings is 3. The maximum absolute atomic E-state index is 14.8. The van der Waals surface area contributed by atoms with Crippen LogP contribution < -0.4 is 14.4 Å². The predicted octanol–water partition coefficient (Wildman–Crippen LogP) is 4.08. The van der Waals surface area contributed by atoms with Crippen molar-refractivity contribution in [3.63, 3.8) is 0 Å². The van der Waals surface area contributed by atoms with Crippen LogP contribution in [-0.2, 0) is 32.6 Å². The number of hydrogen-bond acceptors (Lipinski definition) is 5. The number of ether oxygens (including phenoxy) is 1. The van der Waals surface area contributed by atoms with Crippen LogP contribution in [0.2, 0.25) is 0 Å². The monoisotopic (exact) mass is 569 g/mol. The Labute approximate surface area is 235 Å². The molecular weight excluding hydrogens is 533 g/mol. The summed E-state index contributed by atoms with van der Waals surface area (Å²) < 4.78 is 47.1. The number of rotatable bonds is 13. The average Bonchev–Trinajstić information content (AvgIpc) is 2.93. The molecule has 1 atom stereocenters. The van der Waals surface area contributed by atoms with Gasteiger partial charge >= 0.3 is 0 Å². The summed E-state index contributed by atoms with van der Waals surface area (Å²) in [6.45, 7) is 3.25. The second-order valence-corrected chi connectivity index (χ2v) is 11.5. The van der Waals surface area contributed by atoms with Gasteiger partial charge in [-0.2, -0.15) is 0 Å². The molecule has 0 saturated heterocycles. The molecule has 0 bridgehead atoms. The first-order chi connectivity index (χ1) is 19.0. The number of anilines is 1. The van der Waals surface area contributed by atoms with Crippen molar-refractivity contribution >= 4 is 27.5 Å². The van der Waals surface area contributed by atoms with Crippen LogP contribution in [0.15, 0.2) is 72.8 Å². The minimum Gasteiger partial charge on any atom is -0.495 e. The predicted molar refractivity (Wildman–Crippen MR) is 154 cm³/mol. The highest BCUT2D eigenvalue weighted by atomic mass is 32.2. The normalized spacial score (nSPS) is 11.9. The first-order valence-electron chi connectivity index (χ1n) is 13.0. The van der Waals surface area contributed by atoms with E-state index in [4.69, 9.17) is 4.74 Å². The lowest BCUT2D eigenvalue weighted by atomic mass is 10.0. The third-order valence-electron chi connectivity index (χ3n) is 6.40. The Morgan fingerprint density at radius 1 is 1.02 bits per heavy atom. The van der Waals surface area contributed by atoms with Gasteiger partial charge in [0.05, 0.1) is 19.1 Å². The summed E-state index contributed by atoms with van der Waals surface area (Å²) in [4.78, 5) is 28.8. The summed E-state index contributed by atoms with van der Waals surface area (Å²) in [5.74, 6) is -1.33. The minimum absolute atomic E-state index is 0.156. The van der Waals surface area contributed by atoms with Gasteiger partial charge in [0.15, 0.2) is 0 Å². The number of aryl methyl sites for hydroxylation is 1.